The smallest absolute Gasteiger partial charge is 0.303 e. The van der Waals surface area contributed by atoms with E-state index in [-0.39, 0.29) is 24.0 Å². The van der Waals surface area contributed by atoms with Crippen LogP contribution in [0.3, 0.4) is 0 Å². The van der Waals surface area contributed by atoms with Crippen LogP contribution in [0, 0.1) is 5.92 Å². The summed E-state index contributed by atoms with van der Waals surface area (Å²) in [6, 6.07) is 26.1. The molecule has 5 rings (SSSR count). The van der Waals surface area contributed by atoms with Crippen molar-refractivity contribution in [2.24, 2.45) is 10.9 Å². The van der Waals surface area contributed by atoms with E-state index in [0.717, 1.165) is 17.7 Å². The van der Waals surface area contributed by atoms with Gasteiger partial charge in [0.2, 0.25) is 0 Å². The van der Waals surface area contributed by atoms with Gasteiger partial charge in [-0.15, -0.1) is 0 Å². The third-order valence-corrected chi connectivity index (χ3v) is 7.84. The molecule has 10 nitrogen and oxygen atoms in total. The van der Waals surface area contributed by atoms with E-state index in [1.807, 2.05) is 145 Å². The minimum Gasteiger partial charge on any atom is -0.462 e. The molecule has 4 aromatic rings. The molecule has 314 valence electrons. The highest BCUT2D eigenvalue weighted by atomic mass is 16.6. The standard InChI is InChI=1S/C15H23NO2.C14H13NO2.C13H12N2O2.3C2H6/c1-13(17)18-15(11-7-4-8-12-16-2)14-9-5-3-6-10-14;1-11(16)17-14(12-7-3-2-4-8-12)13-9-5-6-10-15-13;1-10(16)17-13(11-6-2-4-8-14-11)12-7-3-5-9-15-12;3*1-2/h4,7-8,12,14-15H,2-3,5-6,9-11H2,1H3;2-10,14H,1H3;2-9,13H,1H3;3*1-2H3/b7-4-,12-8-;;;;;. The molecule has 1 aromatic carbocycles. The van der Waals surface area contributed by atoms with Crippen LogP contribution in [0.4, 0.5) is 0 Å². The average molecular weight is 795 g/mol. The van der Waals surface area contributed by atoms with Crippen LogP contribution in [-0.4, -0.2) is 45.7 Å². The summed E-state index contributed by atoms with van der Waals surface area (Å²) in [6.07, 6.45) is 18.4. The number of aliphatic imine (C=N–C) groups is 1. The molecule has 2 unspecified atom stereocenters. The number of hydrogen-bond donors (Lipinski definition) is 0. The van der Waals surface area contributed by atoms with Crippen LogP contribution in [0.1, 0.15) is 136 Å². The van der Waals surface area contributed by atoms with Gasteiger partial charge in [-0.3, -0.25) is 34.3 Å². The van der Waals surface area contributed by atoms with Gasteiger partial charge in [-0.2, -0.15) is 0 Å². The fourth-order valence-electron chi connectivity index (χ4n) is 5.58. The Morgan fingerprint density at radius 1 is 0.621 bits per heavy atom. The van der Waals surface area contributed by atoms with Crippen LogP contribution >= 0.6 is 0 Å². The van der Waals surface area contributed by atoms with Crippen molar-refractivity contribution in [2.45, 2.75) is 119 Å². The Balaban J connectivity index is 0.000000788. The Morgan fingerprint density at radius 2 is 1.05 bits per heavy atom. The van der Waals surface area contributed by atoms with E-state index in [4.69, 9.17) is 14.2 Å². The molecular weight excluding hydrogens is 729 g/mol. The van der Waals surface area contributed by atoms with Crippen molar-refractivity contribution >= 4 is 24.6 Å². The first-order valence-electron chi connectivity index (χ1n) is 20.3. The molecule has 0 radical (unpaired) electrons. The number of hydrogen-bond acceptors (Lipinski definition) is 10. The second-order valence-electron chi connectivity index (χ2n) is 11.9. The summed E-state index contributed by atoms with van der Waals surface area (Å²) in [5, 5.41) is 0. The molecule has 0 saturated heterocycles. The Bertz CT molecular complexity index is 1510. The molecule has 1 aliphatic rings. The fourth-order valence-corrected chi connectivity index (χ4v) is 5.58. The maximum atomic E-state index is 11.2. The number of carbonyl (C=O) groups excluding carboxylic acids is 3. The number of rotatable bonds is 12. The molecule has 0 bridgehead atoms. The number of benzene rings is 1. The van der Waals surface area contributed by atoms with Gasteiger partial charge in [0.1, 0.15) is 6.10 Å². The van der Waals surface area contributed by atoms with Gasteiger partial charge >= 0.3 is 17.9 Å². The number of esters is 3. The number of carbonyl (C=O) groups is 3. The number of allylic oxidation sites excluding steroid dienone is 2. The minimum absolute atomic E-state index is 0.0316. The fraction of sp³-hybridized carbons (Fsp3) is 0.396. The summed E-state index contributed by atoms with van der Waals surface area (Å²) >= 11 is 0. The maximum Gasteiger partial charge on any atom is 0.303 e. The molecule has 1 aliphatic carbocycles. The number of nitrogens with zero attached hydrogens (tertiary/aromatic N) is 4. The quantitative estimate of drug-likeness (QED) is 0.0595. The van der Waals surface area contributed by atoms with Gasteiger partial charge in [0.05, 0.1) is 17.1 Å². The van der Waals surface area contributed by atoms with Gasteiger partial charge in [0.15, 0.2) is 12.2 Å². The van der Waals surface area contributed by atoms with Crippen molar-refractivity contribution < 1.29 is 28.6 Å². The van der Waals surface area contributed by atoms with Crippen molar-refractivity contribution in [3.8, 4) is 0 Å². The van der Waals surface area contributed by atoms with Crippen molar-refractivity contribution in [3.63, 3.8) is 0 Å². The molecule has 3 aromatic heterocycles. The molecule has 1 fully saturated rings. The van der Waals surface area contributed by atoms with Crippen LogP contribution in [-0.2, 0) is 28.6 Å². The summed E-state index contributed by atoms with van der Waals surface area (Å²) in [5.41, 5.74) is 2.98. The Morgan fingerprint density at radius 3 is 1.47 bits per heavy atom. The highest BCUT2D eigenvalue weighted by Crippen LogP contribution is 2.30. The highest BCUT2D eigenvalue weighted by Gasteiger charge is 2.25. The molecule has 2 atom stereocenters. The first-order chi connectivity index (χ1) is 28.3. The first kappa shape index (κ1) is 52.2. The monoisotopic (exact) mass is 794 g/mol. The number of pyridine rings is 3. The number of aromatic nitrogens is 3. The van der Waals surface area contributed by atoms with Gasteiger partial charge in [-0.05, 0) is 73.5 Å². The Labute approximate surface area is 347 Å². The van der Waals surface area contributed by atoms with E-state index in [1.54, 1.807) is 24.8 Å². The summed E-state index contributed by atoms with van der Waals surface area (Å²) in [4.78, 5) is 49.7. The van der Waals surface area contributed by atoms with E-state index in [1.165, 1.54) is 52.9 Å². The average Bonchev–Trinajstić information content (AvgIpc) is 3.28. The topological polar surface area (TPSA) is 130 Å². The lowest BCUT2D eigenvalue weighted by atomic mass is 9.84. The Hall–Kier alpha value is -5.77. The van der Waals surface area contributed by atoms with Gasteiger partial charge in [0.25, 0.3) is 0 Å². The normalized spacial score (nSPS) is 12.7. The highest BCUT2D eigenvalue weighted by molar-refractivity contribution is 5.67. The minimum atomic E-state index is -0.546. The molecule has 1 saturated carbocycles. The lowest BCUT2D eigenvalue weighted by Crippen LogP contribution is -2.27. The van der Waals surface area contributed by atoms with Crippen LogP contribution in [0.5, 0.6) is 0 Å². The second kappa shape index (κ2) is 34.5. The predicted molar refractivity (Wildman–Crippen MR) is 235 cm³/mol. The second-order valence-corrected chi connectivity index (χ2v) is 11.9. The first-order valence-corrected chi connectivity index (χ1v) is 20.3. The van der Waals surface area contributed by atoms with Crippen molar-refractivity contribution in [3.05, 3.63) is 151 Å². The molecule has 0 aliphatic heterocycles. The van der Waals surface area contributed by atoms with E-state index in [0.29, 0.717) is 17.3 Å². The van der Waals surface area contributed by atoms with Crippen LogP contribution in [0.25, 0.3) is 0 Å². The van der Waals surface area contributed by atoms with E-state index < -0.39 is 12.2 Å². The van der Waals surface area contributed by atoms with Gasteiger partial charge in [-0.25, -0.2) is 0 Å². The van der Waals surface area contributed by atoms with Gasteiger partial charge in [0, 0.05) is 52.0 Å². The number of ether oxygens (including phenoxy) is 3. The van der Waals surface area contributed by atoms with Crippen LogP contribution in [0.2, 0.25) is 0 Å². The van der Waals surface area contributed by atoms with Crippen molar-refractivity contribution in [1.82, 2.24) is 15.0 Å². The van der Waals surface area contributed by atoms with Gasteiger partial charge in [-0.1, -0.05) is 121 Å². The molecule has 10 heteroatoms. The summed E-state index contributed by atoms with van der Waals surface area (Å²) in [7, 11) is 0. The molecule has 3 heterocycles. The predicted octanol–water partition coefficient (Wildman–Crippen LogP) is 11.6. The van der Waals surface area contributed by atoms with Crippen molar-refractivity contribution in [1.29, 1.82) is 0 Å². The largest absolute Gasteiger partial charge is 0.462 e. The van der Waals surface area contributed by atoms with Crippen LogP contribution < -0.4 is 0 Å². The third-order valence-electron chi connectivity index (χ3n) is 7.84. The lowest BCUT2D eigenvalue weighted by molar-refractivity contribution is -0.149. The third kappa shape index (κ3) is 22.7. The SMILES string of the molecule is C=N/C=C\C=C/CC(OC(C)=O)C1CCCCC1.CC.CC.CC.CC(=O)OC(c1ccccc1)c1ccccn1.CC(=O)OC(c1ccccn1)c1ccccn1. The zero-order chi connectivity index (χ0) is 43.4. The molecule has 0 N–H and O–H groups in total. The summed E-state index contributed by atoms with van der Waals surface area (Å²) < 4.78 is 16.0. The molecule has 0 amide bonds. The molecule has 58 heavy (non-hydrogen) atoms. The summed E-state index contributed by atoms with van der Waals surface area (Å²) in [6.45, 7) is 19.6. The van der Waals surface area contributed by atoms with E-state index in [9.17, 15) is 14.4 Å². The molecular formula is C48H66N4O6. The lowest BCUT2D eigenvalue weighted by Gasteiger charge is -2.29. The molecule has 0 spiro atoms. The van der Waals surface area contributed by atoms with Crippen molar-refractivity contribution in [2.75, 3.05) is 0 Å². The Kier molecular flexibility index (Phi) is 31.0. The van der Waals surface area contributed by atoms with E-state index >= 15 is 0 Å². The summed E-state index contributed by atoms with van der Waals surface area (Å²) in [5.74, 6) is -0.327. The van der Waals surface area contributed by atoms with Crippen LogP contribution in [0.15, 0.2) is 133 Å². The zero-order valence-corrected chi connectivity index (χ0v) is 36.1. The maximum absolute atomic E-state index is 11.2. The zero-order valence-electron chi connectivity index (χ0n) is 36.1. The van der Waals surface area contributed by atoms with Gasteiger partial charge < -0.3 is 14.2 Å². The van der Waals surface area contributed by atoms with E-state index in [2.05, 4.69) is 26.7 Å².